The molecule has 5 atom stereocenters. The average Bonchev–Trinajstić information content (AvgIpc) is 2.91. The molecule has 1 spiro atoms. The lowest BCUT2D eigenvalue weighted by molar-refractivity contribution is -0.193. The van der Waals surface area contributed by atoms with Crippen LogP contribution in [0.1, 0.15) is 18.4 Å². The van der Waals surface area contributed by atoms with E-state index in [0.717, 1.165) is 10.0 Å². The minimum Gasteiger partial charge on any atom is -0.386 e. The third kappa shape index (κ3) is 1.37. The van der Waals surface area contributed by atoms with E-state index in [9.17, 15) is 10.5 Å². The molecular formula is C16H13BrN4O2. The molecule has 1 aromatic carbocycles. The van der Waals surface area contributed by atoms with Crippen molar-refractivity contribution in [2.75, 3.05) is 6.61 Å². The van der Waals surface area contributed by atoms with Gasteiger partial charge in [0, 0.05) is 10.4 Å². The first-order chi connectivity index (χ1) is 11.0. The van der Waals surface area contributed by atoms with Crippen LogP contribution in [0.4, 0.5) is 0 Å². The summed E-state index contributed by atoms with van der Waals surface area (Å²) in [7, 11) is 0. The summed E-state index contributed by atoms with van der Waals surface area (Å²) in [5, 5.41) is 19.9. The van der Waals surface area contributed by atoms with Gasteiger partial charge in [-0.2, -0.15) is 10.5 Å². The number of aliphatic imine (C=N–C) groups is 1. The standard InChI is InChI=1S/C16H13BrN4O2/c1-9-6-22-16(23-9)15(8-19)12(10-4-2-3-5-11(10)17)14(15,7-18)13(20)21-16/h2-5,9,12H,6H2,1H3,(H2,20,21)/t9-,12+,14+,15+,16-/m0/s1. The van der Waals surface area contributed by atoms with Crippen molar-refractivity contribution in [1.29, 1.82) is 10.5 Å². The normalized spacial score (nSPS) is 43.6. The Bertz CT molecular complexity index is 828. The summed E-state index contributed by atoms with van der Waals surface area (Å²) in [4.78, 5) is 4.28. The molecule has 1 saturated carbocycles. The second-order valence-corrected chi connectivity index (χ2v) is 6.97. The monoisotopic (exact) mass is 372 g/mol. The summed E-state index contributed by atoms with van der Waals surface area (Å²) in [5.74, 6) is -1.85. The number of halogens is 1. The van der Waals surface area contributed by atoms with Crippen molar-refractivity contribution in [2.45, 2.75) is 24.9 Å². The highest BCUT2D eigenvalue weighted by Gasteiger charge is 2.94. The largest absolute Gasteiger partial charge is 0.386 e. The molecule has 2 aliphatic heterocycles. The quantitative estimate of drug-likeness (QED) is 0.811. The molecule has 4 rings (SSSR count). The first-order valence-electron chi connectivity index (χ1n) is 7.23. The minimum atomic E-state index is -1.50. The Balaban J connectivity index is 1.95. The molecule has 0 amide bonds. The molecule has 3 aliphatic rings. The highest BCUT2D eigenvalue weighted by atomic mass is 79.9. The molecule has 1 aromatic rings. The van der Waals surface area contributed by atoms with E-state index in [1.807, 2.05) is 31.2 Å². The fourth-order valence-electron chi connectivity index (χ4n) is 4.04. The Kier molecular flexibility index (Phi) is 2.76. The first-order valence-corrected chi connectivity index (χ1v) is 8.03. The first kappa shape index (κ1) is 14.6. The zero-order valence-corrected chi connectivity index (χ0v) is 13.9. The van der Waals surface area contributed by atoms with Gasteiger partial charge in [-0.15, -0.1) is 0 Å². The zero-order chi connectivity index (χ0) is 16.5. The van der Waals surface area contributed by atoms with Gasteiger partial charge in [0.15, 0.2) is 5.41 Å². The lowest BCUT2D eigenvalue weighted by Crippen LogP contribution is -2.39. The lowest BCUT2D eigenvalue weighted by Gasteiger charge is -2.26. The van der Waals surface area contributed by atoms with Crippen LogP contribution >= 0.6 is 15.9 Å². The third-order valence-electron chi connectivity index (χ3n) is 5.02. The maximum Gasteiger partial charge on any atom is 0.293 e. The number of fused-ring (bicyclic) bond motifs is 2. The van der Waals surface area contributed by atoms with Crippen molar-refractivity contribution < 1.29 is 9.47 Å². The van der Waals surface area contributed by atoms with E-state index in [1.165, 1.54) is 0 Å². The maximum atomic E-state index is 10.0. The van der Waals surface area contributed by atoms with Crippen molar-refractivity contribution in [2.24, 2.45) is 21.6 Å². The van der Waals surface area contributed by atoms with Gasteiger partial charge in [0.2, 0.25) is 0 Å². The van der Waals surface area contributed by atoms with E-state index in [2.05, 4.69) is 33.1 Å². The molecule has 1 saturated heterocycles. The Morgan fingerprint density at radius 3 is 2.65 bits per heavy atom. The van der Waals surface area contributed by atoms with Crippen molar-refractivity contribution in [1.82, 2.24) is 0 Å². The SMILES string of the molecule is C[C@H]1CO[C@]2(N=C(N)[C@@]3(C#N)[C@@H](c4ccccc4Br)[C@@]23C#N)O1. The summed E-state index contributed by atoms with van der Waals surface area (Å²) < 4.78 is 12.5. The van der Waals surface area contributed by atoms with Gasteiger partial charge in [-0.05, 0) is 18.6 Å². The van der Waals surface area contributed by atoms with Crippen LogP contribution < -0.4 is 5.73 Å². The van der Waals surface area contributed by atoms with E-state index in [-0.39, 0.29) is 11.9 Å². The Labute approximate surface area is 141 Å². The molecule has 7 heteroatoms. The zero-order valence-electron chi connectivity index (χ0n) is 12.3. The van der Waals surface area contributed by atoms with Crippen LogP contribution in [0, 0.1) is 33.5 Å². The highest BCUT2D eigenvalue weighted by Crippen LogP contribution is 2.82. The summed E-state index contributed by atoms with van der Waals surface area (Å²) in [6.07, 6.45) is -0.216. The fourth-order valence-corrected chi connectivity index (χ4v) is 4.55. The van der Waals surface area contributed by atoms with Crippen LogP contribution in [0.25, 0.3) is 0 Å². The van der Waals surface area contributed by atoms with E-state index in [1.54, 1.807) is 0 Å². The summed E-state index contributed by atoms with van der Waals surface area (Å²) in [6, 6.07) is 12.0. The van der Waals surface area contributed by atoms with E-state index >= 15 is 0 Å². The van der Waals surface area contributed by atoms with Gasteiger partial charge in [-0.25, -0.2) is 4.99 Å². The minimum absolute atomic E-state index is 0.108. The summed E-state index contributed by atoms with van der Waals surface area (Å²) >= 11 is 3.50. The van der Waals surface area contributed by atoms with Crippen LogP contribution in [-0.2, 0) is 9.47 Å². The number of ether oxygens (including phenoxy) is 2. The smallest absolute Gasteiger partial charge is 0.293 e. The molecule has 6 nitrogen and oxygen atoms in total. The molecule has 23 heavy (non-hydrogen) atoms. The number of amidine groups is 1. The van der Waals surface area contributed by atoms with Gasteiger partial charge in [0.25, 0.3) is 5.91 Å². The molecular weight excluding hydrogens is 360 g/mol. The number of nitrogens with two attached hydrogens (primary N) is 1. The summed E-state index contributed by atoms with van der Waals surface area (Å²) in [5.41, 5.74) is 4.44. The van der Waals surface area contributed by atoms with E-state index < -0.39 is 22.7 Å². The predicted molar refractivity (Wildman–Crippen MR) is 83.8 cm³/mol. The van der Waals surface area contributed by atoms with Crippen molar-refractivity contribution in [3.05, 3.63) is 34.3 Å². The number of hydrogen-bond acceptors (Lipinski definition) is 6. The Morgan fingerprint density at radius 1 is 1.35 bits per heavy atom. The van der Waals surface area contributed by atoms with Gasteiger partial charge in [-0.3, -0.25) is 0 Å². The van der Waals surface area contributed by atoms with Gasteiger partial charge >= 0.3 is 0 Å². The Morgan fingerprint density at radius 2 is 2.09 bits per heavy atom. The van der Waals surface area contributed by atoms with Crippen LogP contribution in [0.15, 0.2) is 33.7 Å². The molecule has 0 aromatic heterocycles. The van der Waals surface area contributed by atoms with Crippen LogP contribution in [0.3, 0.4) is 0 Å². The van der Waals surface area contributed by atoms with Crippen LogP contribution in [0.5, 0.6) is 0 Å². The van der Waals surface area contributed by atoms with E-state index in [0.29, 0.717) is 6.61 Å². The second-order valence-electron chi connectivity index (χ2n) is 6.11. The summed E-state index contributed by atoms with van der Waals surface area (Å²) in [6.45, 7) is 2.15. The van der Waals surface area contributed by atoms with E-state index in [4.69, 9.17) is 15.2 Å². The van der Waals surface area contributed by atoms with Gasteiger partial charge in [0.05, 0.1) is 24.8 Å². The number of hydrogen-bond donors (Lipinski definition) is 1. The Hall–Kier alpha value is -1.93. The molecule has 116 valence electrons. The van der Waals surface area contributed by atoms with Crippen molar-refractivity contribution >= 4 is 21.8 Å². The third-order valence-corrected chi connectivity index (χ3v) is 5.74. The molecule has 0 unspecified atom stereocenters. The molecule has 0 bridgehead atoms. The fraction of sp³-hybridized carbons (Fsp3) is 0.438. The number of nitriles is 2. The van der Waals surface area contributed by atoms with Gasteiger partial charge in [0.1, 0.15) is 11.3 Å². The number of nitrogens with zero attached hydrogens (tertiary/aromatic N) is 3. The molecule has 0 radical (unpaired) electrons. The van der Waals surface area contributed by atoms with Gasteiger partial charge in [-0.1, -0.05) is 34.1 Å². The maximum absolute atomic E-state index is 10.0. The molecule has 2 N–H and O–H groups in total. The lowest BCUT2D eigenvalue weighted by atomic mass is 9.94. The average molecular weight is 373 g/mol. The topological polar surface area (TPSA) is 104 Å². The van der Waals surface area contributed by atoms with Crippen molar-refractivity contribution in [3.63, 3.8) is 0 Å². The molecule has 1 aliphatic carbocycles. The molecule has 2 fully saturated rings. The highest BCUT2D eigenvalue weighted by molar-refractivity contribution is 9.10. The van der Waals surface area contributed by atoms with Gasteiger partial charge < -0.3 is 15.2 Å². The van der Waals surface area contributed by atoms with Crippen LogP contribution in [-0.4, -0.2) is 24.5 Å². The van der Waals surface area contributed by atoms with Crippen molar-refractivity contribution in [3.8, 4) is 12.1 Å². The van der Waals surface area contributed by atoms with Crippen LogP contribution in [0.2, 0.25) is 0 Å². The second kappa shape index (κ2) is 4.33. The predicted octanol–water partition coefficient (Wildman–Crippen LogP) is 2.03. The molecule has 2 heterocycles. The number of benzene rings is 1. The number of rotatable bonds is 1.